The largest absolute Gasteiger partial charge is 0.378 e. The zero-order valence-corrected chi connectivity index (χ0v) is 23.1. The zero-order chi connectivity index (χ0) is 26.3. The zero-order valence-electron chi connectivity index (χ0n) is 23.1. The topological polar surface area (TPSA) is 84.7 Å². The first-order valence-corrected chi connectivity index (χ1v) is 14.8. The van der Waals surface area contributed by atoms with Gasteiger partial charge in [0.05, 0.1) is 44.9 Å². The summed E-state index contributed by atoms with van der Waals surface area (Å²) in [5, 5.41) is 3.14. The van der Waals surface area contributed by atoms with Crippen LogP contribution in [-0.4, -0.2) is 79.2 Å². The van der Waals surface area contributed by atoms with Crippen molar-refractivity contribution in [1.29, 1.82) is 0 Å². The van der Waals surface area contributed by atoms with Gasteiger partial charge in [0, 0.05) is 44.0 Å². The third-order valence-electron chi connectivity index (χ3n) is 9.34. The normalized spacial score (nSPS) is 26.9. The lowest BCUT2D eigenvalue weighted by Crippen LogP contribution is -2.61. The molecule has 2 atom stereocenters. The molecule has 37 heavy (non-hydrogen) atoms. The van der Waals surface area contributed by atoms with Gasteiger partial charge in [0.1, 0.15) is 0 Å². The van der Waals surface area contributed by atoms with Crippen LogP contribution in [0.2, 0.25) is 0 Å². The highest BCUT2D eigenvalue weighted by atomic mass is 16.5. The standard InChI is InChI=1S/C30H48N4O3/c1-3-17-34(18-13-25(14-19-34)28(31)30(36)33-15-20-37-21-16-33)23(2)22-24-9-11-27(12-10-24)32-29(35)26-7-5-4-6-8-26/h9-12,23,25-26,28H,3-8,13-22,31H2,1-2H3/p+1. The van der Waals surface area contributed by atoms with E-state index in [-0.39, 0.29) is 23.7 Å². The van der Waals surface area contributed by atoms with Gasteiger partial charge >= 0.3 is 0 Å². The molecule has 7 heteroatoms. The van der Waals surface area contributed by atoms with Crippen LogP contribution in [0.25, 0.3) is 0 Å². The van der Waals surface area contributed by atoms with Crippen LogP contribution in [0.3, 0.4) is 0 Å². The lowest BCUT2D eigenvalue weighted by atomic mass is 9.86. The second-order valence-electron chi connectivity index (χ2n) is 11.8. The van der Waals surface area contributed by atoms with Crippen LogP contribution in [0.4, 0.5) is 5.69 Å². The third kappa shape index (κ3) is 7.12. The SMILES string of the molecule is CCC[N+]1(C(C)Cc2ccc(NC(=O)C3CCCCC3)cc2)CCC(C(N)C(=O)N2CCOCC2)CC1. The molecule has 2 unspecified atom stereocenters. The van der Waals surface area contributed by atoms with E-state index >= 15 is 0 Å². The lowest BCUT2D eigenvalue weighted by molar-refractivity contribution is -0.954. The van der Waals surface area contributed by atoms with Gasteiger partial charge in [0.2, 0.25) is 11.8 Å². The van der Waals surface area contributed by atoms with Crippen molar-refractivity contribution in [3.63, 3.8) is 0 Å². The van der Waals surface area contributed by atoms with Crippen molar-refractivity contribution in [2.24, 2.45) is 17.6 Å². The molecule has 3 N–H and O–H groups in total. The van der Waals surface area contributed by atoms with E-state index in [2.05, 4.69) is 43.4 Å². The van der Waals surface area contributed by atoms with E-state index in [9.17, 15) is 9.59 Å². The number of hydrogen-bond acceptors (Lipinski definition) is 4. The number of anilines is 1. The highest BCUT2D eigenvalue weighted by Gasteiger charge is 2.41. The summed E-state index contributed by atoms with van der Waals surface area (Å²) < 4.78 is 6.50. The quantitative estimate of drug-likeness (QED) is 0.490. The number of carbonyl (C=O) groups excluding carboxylic acids is 2. The fourth-order valence-corrected chi connectivity index (χ4v) is 6.86. The van der Waals surface area contributed by atoms with E-state index in [0.29, 0.717) is 32.3 Å². The maximum absolute atomic E-state index is 13.0. The Balaban J connectivity index is 1.31. The molecule has 0 bridgehead atoms. The minimum absolute atomic E-state index is 0.104. The van der Waals surface area contributed by atoms with E-state index in [1.54, 1.807) is 0 Å². The monoisotopic (exact) mass is 513 g/mol. The molecule has 2 aliphatic heterocycles. The smallest absolute Gasteiger partial charge is 0.239 e. The molecule has 1 aliphatic carbocycles. The number of nitrogens with zero attached hydrogens (tertiary/aromatic N) is 2. The highest BCUT2D eigenvalue weighted by Crippen LogP contribution is 2.31. The van der Waals surface area contributed by atoms with Gasteiger partial charge in [-0.15, -0.1) is 0 Å². The Morgan fingerprint density at radius 3 is 2.32 bits per heavy atom. The maximum Gasteiger partial charge on any atom is 0.239 e. The van der Waals surface area contributed by atoms with Gasteiger partial charge < -0.3 is 25.2 Å². The van der Waals surface area contributed by atoms with E-state index in [1.807, 2.05) is 4.90 Å². The van der Waals surface area contributed by atoms with Gasteiger partial charge in [-0.3, -0.25) is 9.59 Å². The fraction of sp³-hybridized carbons (Fsp3) is 0.733. The number of nitrogens with two attached hydrogens (primary N) is 1. The number of amides is 2. The summed E-state index contributed by atoms with van der Waals surface area (Å²) >= 11 is 0. The number of quaternary nitrogens is 1. The molecule has 1 saturated carbocycles. The van der Waals surface area contributed by atoms with E-state index < -0.39 is 6.04 Å². The number of ether oxygens (including phenoxy) is 1. The Bertz CT molecular complexity index is 869. The summed E-state index contributed by atoms with van der Waals surface area (Å²) in [6, 6.07) is 8.59. The van der Waals surface area contributed by atoms with E-state index in [4.69, 9.17) is 10.5 Å². The summed E-state index contributed by atoms with van der Waals surface area (Å²) in [6.07, 6.45) is 9.82. The van der Waals surface area contributed by atoms with Crippen LogP contribution >= 0.6 is 0 Å². The van der Waals surface area contributed by atoms with Crippen molar-refractivity contribution in [2.45, 2.75) is 83.7 Å². The van der Waals surface area contributed by atoms with Crippen molar-refractivity contribution >= 4 is 17.5 Å². The molecule has 3 aliphatic rings. The van der Waals surface area contributed by atoms with Crippen LogP contribution < -0.4 is 11.1 Å². The lowest BCUT2D eigenvalue weighted by Gasteiger charge is -2.49. The highest BCUT2D eigenvalue weighted by molar-refractivity contribution is 5.92. The number of hydrogen-bond donors (Lipinski definition) is 2. The Morgan fingerprint density at radius 2 is 1.70 bits per heavy atom. The van der Waals surface area contributed by atoms with Gasteiger partial charge in [-0.05, 0) is 49.8 Å². The maximum atomic E-state index is 13.0. The molecular weight excluding hydrogens is 464 g/mol. The average molecular weight is 514 g/mol. The van der Waals surface area contributed by atoms with Gasteiger partial charge in [-0.25, -0.2) is 0 Å². The molecule has 2 saturated heterocycles. The van der Waals surface area contributed by atoms with Crippen molar-refractivity contribution in [3.8, 4) is 0 Å². The molecule has 7 nitrogen and oxygen atoms in total. The van der Waals surface area contributed by atoms with E-state index in [1.165, 1.54) is 24.8 Å². The van der Waals surface area contributed by atoms with Crippen molar-refractivity contribution in [1.82, 2.24) is 4.90 Å². The number of nitrogens with one attached hydrogen (secondary N) is 1. The molecule has 1 aromatic rings. The molecule has 0 spiro atoms. The van der Waals surface area contributed by atoms with E-state index in [0.717, 1.165) is 68.3 Å². The first-order chi connectivity index (χ1) is 17.9. The fourth-order valence-electron chi connectivity index (χ4n) is 6.86. The molecule has 4 rings (SSSR count). The molecule has 0 aromatic heterocycles. The minimum Gasteiger partial charge on any atom is -0.378 e. The summed E-state index contributed by atoms with van der Waals surface area (Å²) in [6.45, 7) is 10.5. The van der Waals surface area contributed by atoms with Crippen LogP contribution in [0.15, 0.2) is 24.3 Å². The molecule has 1 aromatic carbocycles. The van der Waals surface area contributed by atoms with Gasteiger partial charge in [-0.1, -0.05) is 38.3 Å². The number of morpholine rings is 1. The Morgan fingerprint density at radius 1 is 1.05 bits per heavy atom. The van der Waals surface area contributed by atoms with Crippen molar-refractivity contribution in [2.75, 3.05) is 51.3 Å². The molecule has 0 radical (unpaired) electrons. The van der Waals surface area contributed by atoms with Crippen LogP contribution in [0, 0.1) is 11.8 Å². The summed E-state index contributed by atoms with van der Waals surface area (Å²) in [7, 11) is 0. The molecular formula is C30H49N4O3+. The second kappa shape index (κ2) is 13.2. The number of carbonyl (C=O) groups is 2. The van der Waals surface area contributed by atoms with Gasteiger partial charge in [0.15, 0.2) is 0 Å². The summed E-state index contributed by atoms with van der Waals surface area (Å²) in [5.41, 5.74) is 8.74. The van der Waals surface area contributed by atoms with Crippen molar-refractivity contribution in [3.05, 3.63) is 29.8 Å². The average Bonchev–Trinajstić information content (AvgIpc) is 2.94. The third-order valence-corrected chi connectivity index (χ3v) is 9.34. The first-order valence-electron chi connectivity index (χ1n) is 14.8. The molecule has 2 heterocycles. The number of likely N-dealkylation sites (tertiary alicyclic amines) is 1. The molecule has 206 valence electrons. The number of benzene rings is 1. The van der Waals surface area contributed by atoms with Crippen LogP contribution in [0.1, 0.15) is 70.8 Å². The number of rotatable bonds is 9. The summed E-state index contributed by atoms with van der Waals surface area (Å²) in [4.78, 5) is 27.5. The van der Waals surface area contributed by atoms with Gasteiger partial charge in [0.25, 0.3) is 0 Å². The second-order valence-corrected chi connectivity index (χ2v) is 11.8. The Kier molecular flexibility index (Phi) is 10.0. The summed E-state index contributed by atoms with van der Waals surface area (Å²) in [5.74, 6) is 0.721. The predicted molar refractivity (Wildman–Crippen MR) is 148 cm³/mol. The van der Waals surface area contributed by atoms with Crippen LogP contribution in [-0.2, 0) is 20.7 Å². The predicted octanol–water partition coefficient (Wildman–Crippen LogP) is 3.96. The molecule has 2 amide bonds. The minimum atomic E-state index is -0.395. The Labute approximate surface area is 223 Å². The number of piperidine rings is 1. The Hall–Kier alpha value is -1.96. The first kappa shape index (κ1) is 28.1. The molecule has 3 fully saturated rings. The van der Waals surface area contributed by atoms with Crippen molar-refractivity contribution < 1.29 is 18.8 Å². The van der Waals surface area contributed by atoms with Crippen LogP contribution in [0.5, 0.6) is 0 Å². The van der Waals surface area contributed by atoms with Gasteiger partial charge in [-0.2, -0.15) is 0 Å².